The molecule has 0 aliphatic heterocycles. The second kappa shape index (κ2) is 10.3. The molecule has 2 N–H and O–H groups in total. The molecule has 148 valence electrons. The van der Waals surface area contributed by atoms with Crippen LogP contribution in [0.15, 0.2) is 30.3 Å². The Morgan fingerprint density at radius 2 is 1.37 bits per heavy atom. The number of aliphatic hydroxyl groups is 1. The molecule has 3 atom stereocenters. The summed E-state index contributed by atoms with van der Waals surface area (Å²) in [5.74, 6) is -6.18. The summed E-state index contributed by atoms with van der Waals surface area (Å²) >= 11 is 0. The van der Waals surface area contributed by atoms with E-state index in [4.69, 9.17) is 0 Å². The topological polar surface area (TPSA) is 128 Å². The van der Waals surface area contributed by atoms with E-state index in [1.807, 2.05) is 0 Å². The molecule has 27 heavy (non-hydrogen) atoms. The molecule has 1 rings (SSSR count). The number of nitrogens with one attached hydrogen (secondary N) is 1. The molecule has 0 aromatic heterocycles. The standard InChI is InChI=1S/C18H23NO8/c1-10(12(16(22)25-2)17(23)26-3)13(18(24)27-4)19-15(21)14(20)11-8-6-5-7-9-11/h5-10,12-14,20H,1-4H3,(H,19,21)/t10-,13+,14+/m1/s1. The van der Waals surface area contributed by atoms with Crippen molar-refractivity contribution >= 4 is 23.8 Å². The minimum absolute atomic E-state index is 0.309. The highest BCUT2D eigenvalue weighted by molar-refractivity contribution is 5.96. The van der Waals surface area contributed by atoms with E-state index in [2.05, 4.69) is 19.5 Å². The van der Waals surface area contributed by atoms with Gasteiger partial charge < -0.3 is 24.6 Å². The number of aliphatic hydroxyl groups excluding tert-OH is 1. The average molecular weight is 381 g/mol. The van der Waals surface area contributed by atoms with E-state index in [-0.39, 0.29) is 0 Å². The molecule has 9 nitrogen and oxygen atoms in total. The van der Waals surface area contributed by atoms with Crippen molar-refractivity contribution < 1.29 is 38.5 Å². The van der Waals surface area contributed by atoms with Crippen molar-refractivity contribution in [1.29, 1.82) is 0 Å². The summed E-state index contributed by atoms with van der Waals surface area (Å²) in [6.45, 7) is 1.38. The highest BCUT2D eigenvalue weighted by atomic mass is 16.5. The lowest BCUT2D eigenvalue weighted by Gasteiger charge is -2.27. The molecule has 0 aliphatic rings. The molecule has 0 bridgehead atoms. The number of hydrogen-bond donors (Lipinski definition) is 2. The van der Waals surface area contributed by atoms with Gasteiger partial charge in [-0.15, -0.1) is 0 Å². The second-order valence-electron chi connectivity index (χ2n) is 5.71. The summed E-state index contributed by atoms with van der Waals surface area (Å²) < 4.78 is 13.8. The Labute approximate surface area is 156 Å². The van der Waals surface area contributed by atoms with Gasteiger partial charge in [0.2, 0.25) is 0 Å². The van der Waals surface area contributed by atoms with E-state index in [0.717, 1.165) is 21.3 Å². The molecule has 0 spiro atoms. The van der Waals surface area contributed by atoms with Crippen molar-refractivity contribution in [3.8, 4) is 0 Å². The van der Waals surface area contributed by atoms with Crippen LogP contribution in [0.2, 0.25) is 0 Å². The van der Waals surface area contributed by atoms with E-state index in [1.165, 1.54) is 19.1 Å². The molecule has 0 aliphatic carbocycles. The van der Waals surface area contributed by atoms with Gasteiger partial charge in [-0.05, 0) is 5.56 Å². The molecule has 0 saturated heterocycles. The Morgan fingerprint density at radius 1 is 0.889 bits per heavy atom. The fourth-order valence-corrected chi connectivity index (χ4v) is 2.52. The molecule has 0 radical (unpaired) electrons. The third-order valence-corrected chi connectivity index (χ3v) is 4.08. The Hall–Kier alpha value is -2.94. The molecule has 0 unspecified atom stereocenters. The quantitative estimate of drug-likeness (QED) is 0.365. The van der Waals surface area contributed by atoms with Crippen molar-refractivity contribution in [3.63, 3.8) is 0 Å². The first-order valence-electron chi connectivity index (χ1n) is 8.05. The summed E-state index contributed by atoms with van der Waals surface area (Å²) in [5.41, 5.74) is 0.309. The van der Waals surface area contributed by atoms with Crippen LogP contribution < -0.4 is 5.32 Å². The minimum Gasteiger partial charge on any atom is -0.468 e. The number of esters is 3. The maximum Gasteiger partial charge on any atom is 0.328 e. The van der Waals surface area contributed by atoms with Crippen molar-refractivity contribution in [3.05, 3.63) is 35.9 Å². The first kappa shape index (κ1) is 22.1. The van der Waals surface area contributed by atoms with Gasteiger partial charge in [-0.1, -0.05) is 37.3 Å². The predicted molar refractivity (Wildman–Crippen MR) is 92.0 cm³/mol. The number of amides is 1. The number of carbonyl (C=O) groups is 4. The average Bonchev–Trinajstić information content (AvgIpc) is 2.70. The zero-order valence-electron chi connectivity index (χ0n) is 15.5. The summed E-state index contributed by atoms with van der Waals surface area (Å²) in [5, 5.41) is 12.5. The third kappa shape index (κ3) is 5.52. The van der Waals surface area contributed by atoms with E-state index in [9.17, 15) is 24.3 Å². The van der Waals surface area contributed by atoms with Gasteiger partial charge in [0, 0.05) is 5.92 Å². The number of carbonyl (C=O) groups excluding carboxylic acids is 4. The minimum atomic E-state index is -1.56. The van der Waals surface area contributed by atoms with Gasteiger partial charge >= 0.3 is 17.9 Å². The van der Waals surface area contributed by atoms with Gasteiger partial charge in [-0.2, -0.15) is 0 Å². The van der Waals surface area contributed by atoms with Crippen LogP contribution >= 0.6 is 0 Å². The van der Waals surface area contributed by atoms with E-state index in [0.29, 0.717) is 5.56 Å². The lowest BCUT2D eigenvalue weighted by Crippen LogP contribution is -2.52. The van der Waals surface area contributed by atoms with Gasteiger partial charge in [-0.25, -0.2) is 4.79 Å². The van der Waals surface area contributed by atoms with Gasteiger partial charge in [0.1, 0.15) is 6.04 Å². The first-order chi connectivity index (χ1) is 12.8. The SMILES string of the molecule is COC(=O)C(C(=O)OC)[C@@H](C)[C@H](NC(=O)[C@@H](O)c1ccccc1)C(=O)OC. The van der Waals surface area contributed by atoms with Crippen molar-refractivity contribution in [2.45, 2.75) is 19.1 Å². The fourth-order valence-electron chi connectivity index (χ4n) is 2.52. The maximum absolute atomic E-state index is 12.4. The smallest absolute Gasteiger partial charge is 0.328 e. The van der Waals surface area contributed by atoms with Crippen LogP contribution in [0.25, 0.3) is 0 Å². The van der Waals surface area contributed by atoms with Crippen LogP contribution in [0.3, 0.4) is 0 Å². The van der Waals surface area contributed by atoms with Crippen molar-refractivity contribution in [2.24, 2.45) is 11.8 Å². The number of benzene rings is 1. The Bertz CT molecular complexity index is 659. The second-order valence-corrected chi connectivity index (χ2v) is 5.71. The molecule has 0 heterocycles. The van der Waals surface area contributed by atoms with Crippen LogP contribution in [0.5, 0.6) is 0 Å². The monoisotopic (exact) mass is 381 g/mol. The summed E-state index contributed by atoms with van der Waals surface area (Å²) in [6.07, 6.45) is -1.56. The molecule has 1 amide bonds. The molecular formula is C18H23NO8. The van der Waals surface area contributed by atoms with Crippen LogP contribution in [0.1, 0.15) is 18.6 Å². The van der Waals surface area contributed by atoms with Gasteiger partial charge in [-0.3, -0.25) is 14.4 Å². The van der Waals surface area contributed by atoms with Crippen LogP contribution in [0.4, 0.5) is 0 Å². The highest BCUT2D eigenvalue weighted by Crippen LogP contribution is 2.21. The molecular weight excluding hydrogens is 358 g/mol. The number of ether oxygens (including phenoxy) is 3. The lowest BCUT2D eigenvalue weighted by molar-refractivity contribution is -0.163. The van der Waals surface area contributed by atoms with E-state index < -0.39 is 47.8 Å². The molecule has 0 saturated carbocycles. The lowest BCUT2D eigenvalue weighted by atomic mass is 9.87. The van der Waals surface area contributed by atoms with Crippen LogP contribution in [-0.4, -0.2) is 56.3 Å². The fraction of sp³-hybridized carbons (Fsp3) is 0.444. The van der Waals surface area contributed by atoms with Gasteiger partial charge in [0.15, 0.2) is 12.0 Å². The number of methoxy groups -OCH3 is 3. The highest BCUT2D eigenvalue weighted by Gasteiger charge is 2.43. The van der Waals surface area contributed by atoms with Crippen molar-refractivity contribution in [2.75, 3.05) is 21.3 Å². The summed E-state index contributed by atoms with van der Waals surface area (Å²) in [7, 11) is 3.25. The van der Waals surface area contributed by atoms with Crippen molar-refractivity contribution in [1.82, 2.24) is 5.32 Å². The number of rotatable bonds is 8. The first-order valence-corrected chi connectivity index (χ1v) is 8.05. The normalized spacial score (nSPS) is 13.9. The zero-order valence-corrected chi connectivity index (χ0v) is 15.5. The number of hydrogen-bond acceptors (Lipinski definition) is 8. The van der Waals surface area contributed by atoms with Gasteiger partial charge in [0.05, 0.1) is 21.3 Å². The van der Waals surface area contributed by atoms with E-state index in [1.54, 1.807) is 18.2 Å². The third-order valence-electron chi connectivity index (χ3n) is 4.08. The molecule has 1 aromatic carbocycles. The van der Waals surface area contributed by atoms with Crippen LogP contribution in [0, 0.1) is 11.8 Å². The summed E-state index contributed by atoms with van der Waals surface area (Å²) in [6, 6.07) is 6.65. The molecule has 1 aromatic rings. The van der Waals surface area contributed by atoms with Gasteiger partial charge in [0.25, 0.3) is 5.91 Å². The zero-order chi connectivity index (χ0) is 20.6. The Balaban J connectivity index is 3.09. The Morgan fingerprint density at radius 3 is 1.81 bits per heavy atom. The molecule has 0 fully saturated rings. The maximum atomic E-state index is 12.4. The molecule has 9 heteroatoms. The predicted octanol–water partition coefficient (Wildman–Crippen LogP) is -0.0239. The largest absolute Gasteiger partial charge is 0.468 e. The summed E-state index contributed by atoms with van der Waals surface area (Å²) in [4.78, 5) is 48.5. The van der Waals surface area contributed by atoms with E-state index >= 15 is 0 Å². The Kier molecular flexibility index (Phi) is 8.40. The van der Waals surface area contributed by atoms with Crippen LogP contribution in [-0.2, 0) is 33.4 Å².